The molecular weight excluding hydrogens is 409 g/mol. The monoisotopic (exact) mass is 427 g/mol. The van der Waals surface area contributed by atoms with Crippen LogP contribution in [0.2, 0.25) is 0 Å². The Kier molecular flexibility index (Phi) is 6.31. The van der Waals surface area contributed by atoms with Gasteiger partial charge in [0, 0.05) is 39.0 Å². The third-order valence-electron chi connectivity index (χ3n) is 4.22. The van der Waals surface area contributed by atoms with E-state index in [-0.39, 0.29) is 55.7 Å². The SMILES string of the molecule is O=C(CCC(=O)N1CCN(S(=O)(=O)c2ccc(F)cc2)CC1)Nc1nncs1. The minimum Gasteiger partial charge on any atom is -0.340 e. The summed E-state index contributed by atoms with van der Waals surface area (Å²) in [6.45, 7) is 0.749. The zero-order valence-electron chi connectivity index (χ0n) is 14.7. The fourth-order valence-corrected chi connectivity index (χ4v) is 4.60. The van der Waals surface area contributed by atoms with E-state index in [2.05, 4.69) is 15.5 Å². The molecule has 2 heterocycles. The molecule has 0 aliphatic carbocycles. The molecule has 1 N–H and O–H groups in total. The average molecular weight is 427 g/mol. The van der Waals surface area contributed by atoms with E-state index in [0.29, 0.717) is 5.13 Å². The molecule has 9 nitrogen and oxygen atoms in total. The van der Waals surface area contributed by atoms with Crippen molar-refractivity contribution in [1.82, 2.24) is 19.4 Å². The average Bonchev–Trinajstić information content (AvgIpc) is 3.19. The fraction of sp³-hybridized carbons (Fsp3) is 0.375. The Hall–Kier alpha value is -2.44. The van der Waals surface area contributed by atoms with Crippen molar-refractivity contribution in [2.45, 2.75) is 17.7 Å². The zero-order valence-corrected chi connectivity index (χ0v) is 16.4. The molecule has 0 bridgehead atoms. The lowest BCUT2D eigenvalue weighted by Crippen LogP contribution is -2.50. The van der Waals surface area contributed by atoms with Crippen molar-refractivity contribution in [2.75, 3.05) is 31.5 Å². The minimum absolute atomic E-state index is 0.00645. The molecule has 1 aliphatic rings. The molecule has 2 aromatic rings. The highest BCUT2D eigenvalue weighted by molar-refractivity contribution is 7.89. The van der Waals surface area contributed by atoms with Gasteiger partial charge < -0.3 is 10.2 Å². The number of carbonyl (C=O) groups excluding carboxylic acids is 2. The Morgan fingerprint density at radius 1 is 1.11 bits per heavy atom. The first kappa shape index (κ1) is 20.3. The number of hydrogen-bond donors (Lipinski definition) is 1. The zero-order chi connectivity index (χ0) is 20.1. The largest absolute Gasteiger partial charge is 0.340 e. The molecular formula is C16H18FN5O4S2. The van der Waals surface area contributed by atoms with Gasteiger partial charge in [0.15, 0.2) is 0 Å². The fourth-order valence-electron chi connectivity index (χ4n) is 2.72. The van der Waals surface area contributed by atoms with E-state index in [1.807, 2.05) is 0 Å². The standard InChI is InChI=1S/C16H18FN5O4S2/c17-12-1-3-13(4-2-12)28(25,26)22-9-7-21(8-10-22)15(24)6-5-14(23)19-16-20-18-11-27-16/h1-4,11H,5-10H2,(H,19,20,23). The number of nitrogens with zero attached hydrogens (tertiary/aromatic N) is 4. The predicted molar refractivity (Wildman–Crippen MR) is 99.5 cm³/mol. The van der Waals surface area contributed by atoms with Crippen LogP contribution in [0.4, 0.5) is 9.52 Å². The quantitative estimate of drug-likeness (QED) is 0.734. The van der Waals surface area contributed by atoms with Gasteiger partial charge in [0.1, 0.15) is 11.3 Å². The van der Waals surface area contributed by atoms with Gasteiger partial charge in [-0.1, -0.05) is 11.3 Å². The number of piperazine rings is 1. The van der Waals surface area contributed by atoms with Gasteiger partial charge in [0.05, 0.1) is 4.90 Å². The molecule has 28 heavy (non-hydrogen) atoms. The van der Waals surface area contributed by atoms with Gasteiger partial charge in [-0.05, 0) is 24.3 Å². The van der Waals surface area contributed by atoms with Gasteiger partial charge >= 0.3 is 0 Å². The van der Waals surface area contributed by atoms with E-state index < -0.39 is 15.8 Å². The highest BCUT2D eigenvalue weighted by Gasteiger charge is 2.30. The predicted octanol–water partition coefficient (Wildman–Crippen LogP) is 0.929. The second kappa shape index (κ2) is 8.71. The lowest BCUT2D eigenvalue weighted by molar-refractivity contribution is -0.133. The van der Waals surface area contributed by atoms with Crippen LogP contribution >= 0.6 is 11.3 Å². The number of amides is 2. The van der Waals surface area contributed by atoms with Crippen molar-refractivity contribution < 1.29 is 22.4 Å². The number of anilines is 1. The molecule has 150 valence electrons. The van der Waals surface area contributed by atoms with Crippen molar-refractivity contribution >= 4 is 38.3 Å². The molecule has 3 rings (SSSR count). The van der Waals surface area contributed by atoms with Crippen LogP contribution in [0.25, 0.3) is 0 Å². The van der Waals surface area contributed by atoms with Crippen LogP contribution in [0.3, 0.4) is 0 Å². The third kappa shape index (κ3) is 4.88. The summed E-state index contributed by atoms with van der Waals surface area (Å²) in [5, 5.41) is 10.2. The first-order valence-corrected chi connectivity index (χ1v) is 10.8. The van der Waals surface area contributed by atoms with Crippen molar-refractivity contribution in [3.8, 4) is 0 Å². The first-order valence-electron chi connectivity index (χ1n) is 8.46. The molecule has 0 spiro atoms. The highest BCUT2D eigenvalue weighted by Crippen LogP contribution is 2.18. The Morgan fingerprint density at radius 2 is 1.79 bits per heavy atom. The molecule has 1 aliphatic heterocycles. The molecule has 1 saturated heterocycles. The van der Waals surface area contributed by atoms with Crippen LogP contribution in [0, 0.1) is 5.82 Å². The summed E-state index contributed by atoms with van der Waals surface area (Å²) < 4.78 is 39.4. The van der Waals surface area contributed by atoms with E-state index in [1.165, 1.54) is 38.2 Å². The minimum atomic E-state index is -3.73. The number of benzene rings is 1. The lowest BCUT2D eigenvalue weighted by Gasteiger charge is -2.34. The molecule has 12 heteroatoms. The molecule has 1 fully saturated rings. The summed E-state index contributed by atoms with van der Waals surface area (Å²) in [5.74, 6) is -1.06. The number of hydrogen-bond acceptors (Lipinski definition) is 7. The Labute approximate surface area is 165 Å². The maximum Gasteiger partial charge on any atom is 0.243 e. The van der Waals surface area contributed by atoms with Crippen molar-refractivity contribution in [3.63, 3.8) is 0 Å². The lowest BCUT2D eigenvalue weighted by atomic mass is 10.2. The summed E-state index contributed by atoms with van der Waals surface area (Å²) in [6.07, 6.45) is 0.0296. The van der Waals surface area contributed by atoms with E-state index in [0.717, 1.165) is 12.1 Å². The van der Waals surface area contributed by atoms with E-state index >= 15 is 0 Å². The molecule has 0 unspecified atom stereocenters. The summed E-state index contributed by atoms with van der Waals surface area (Å²) in [4.78, 5) is 25.6. The maximum absolute atomic E-state index is 13.0. The van der Waals surface area contributed by atoms with Crippen molar-refractivity contribution in [3.05, 3.63) is 35.6 Å². The van der Waals surface area contributed by atoms with Gasteiger partial charge in [-0.2, -0.15) is 4.31 Å². The Bertz CT molecular complexity index is 926. The van der Waals surface area contributed by atoms with E-state index in [9.17, 15) is 22.4 Å². The van der Waals surface area contributed by atoms with E-state index in [4.69, 9.17) is 0 Å². The van der Waals surface area contributed by atoms with Gasteiger partial charge in [-0.25, -0.2) is 12.8 Å². The van der Waals surface area contributed by atoms with Crippen LogP contribution < -0.4 is 5.32 Å². The summed E-state index contributed by atoms with van der Waals surface area (Å²) >= 11 is 1.18. The van der Waals surface area contributed by atoms with Crippen LogP contribution in [0.1, 0.15) is 12.8 Å². The third-order valence-corrected chi connectivity index (χ3v) is 6.73. The first-order chi connectivity index (χ1) is 13.4. The molecule has 2 amide bonds. The number of carbonyl (C=O) groups is 2. The smallest absolute Gasteiger partial charge is 0.243 e. The molecule has 1 aromatic heterocycles. The number of sulfonamides is 1. The van der Waals surface area contributed by atoms with Gasteiger partial charge in [-0.15, -0.1) is 10.2 Å². The number of halogens is 1. The van der Waals surface area contributed by atoms with Gasteiger partial charge in [0.25, 0.3) is 0 Å². The number of nitrogens with one attached hydrogen (secondary N) is 1. The topological polar surface area (TPSA) is 113 Å². The molecule has 0 atom stereocenters. The Balaban J connectivity index is 1.48. The Morgan fingerprint density at radius 3 is 2.39 bits per heavy atom. The molecule has 0 radical (unpaired) electrons. The normalized spacial score (nSPS) is 15.4. The van der Waals surface area contributed by atoms with Crippen LogP contribution in [-0.4, -0.2) is 65.8 Å². The van der Waals surface area contributed by atoms with Crippen LogP contribution in [0.15, 0.2) is 34.7 Å². The molecule has 0 saturated carbocycles. The number of rotatable bonds is 6. The number of aromatic nitrogens is 2. The van der Waals surface area contributed by atoms with E-state index in [1.54, 1.807) is 0 Å². The second-order valence-electron chi connectivity index (χ2n) is 6.03. The van der Waals surface area contributed by atoms with Gasteiger partial charge in [0.2, 0.25) is 27.0 Å². The summed E-state index contributed by atoms with van der Waals surface area (Å²) in [7, 11) is -3.73. The van der Waals surface area contributed by atoms with Crippen molar-refractivity contribution in [1.29, 1.82) is 0 Å². The van der Waals surface area contributed by atoms with Crippen molar-refractivity contribution in [2.24, 2.45) is 0 Å². The highest BCUT2D eigenvalue weighted by atomic mass is 32.2. The summed E-state index contributed by atoms with van der Waals surface area (Å²) in [6, 6.07) is 4.64. The van der Waals surface area contributed by atoms with Crippen LogP contribution in [0.5, 0.6) is 0 Å². The second-order valence-corrected chi connectivity index (χ2v) is 8.80. The summed E-state index contributed by atoms with van der Waals surface area (Å²) in [5.41, 5.74) is 1.49. The molecule has 1 aromatic carbocycles. The van der Waals surface area contributed by atoms with Crippen LogP contribution in [-0.2, 0) is 19.6 Å². The van der Waals surface area contributed by atoms with Gasteiger partial charge in [-0.3, -0.25) is 9.59 Å². The maximum atomic E-state index is 13.0.